The second-order valence-corrected chi connectivity index (χ2v) is 7.59. The molecule has 2 aliphatic rings. The summed E-state index contributed by atoms with van der Waals surface area (Å²) in [5.41, 5.74) is 2.82. The van der Waals surface area contributed by atoms with Crippen molar-refractivity contribution in [3.05, 3.63) is 35.3 Å². The van der Waals surface area contributed by atoms with E-state index in [-0.39, 0.29) is 11.7 Å². The van der Waals surface area contributed by atoms with Crippen molar-refractivity contribution in [1.82, 2.24) is 9.88 Å². The summed E-state index contributed by atoms with van der Waals surface area (Å²) in [4.78, 5) is 18.5. The number of carbonyl (C=O) groups is 1. The van der Waals surface area contributed by atoms with Gasteiger partial charge in [-0.2, -0.15) is 0 Å². The molecule has 3 nitrogen and oxygen atoms in total. The first-order valence-electron chi connectivity index (χ1n) is 9.12. The summed E-state index contributed by atoms with van der Waals surface area (Å²) in [5, 5.41) is 0.841. The number of nitrogens with zero attached hydrogens (tertiary/aromatic N) is 1. The number of benzene rings is 1. The second-order valence-electron chi connectivity index (χ2n) is 7.59. The zero-order chi connectivity index (χ0) is 16.8. The molecule has 1 saturated carbocycles. The molecular formula is C20H25FN2O. The van der Waals surface area contributed by atoms with Gasteiger partial charge >= 0.3 is 0 Å². The maximum atomic E-state index is 13.6. The molecule has 2 aromatic rings. The summed E-state index contributed by atoms with van der Waals surface area (Å²) in [6.45, 7) is 4.15. The predicted octanol–water partition coefficient (Wildman–Crippen LogP) is 4.34. The molecule has 24 heavy (non-hydrogen) atoms. The molecule has 3 unspecified atom stereocenters. The van der Waals surface area contributed by atoms with Gasteiger partial charge in [-0.25, -0.2) is 4.39 Å². The van der Waals surface area contributed by atoms with Crippen LogP contribution in [-0.2, 0) is 11.2 Å². The van der Waals surface area contributed by atoms with Crippen LogP contribution < -0.4 is 0 Å². The molecule has 1 aromatic heterocycles. The van der Waals surface area contributed by atoms with E-state index in [1.807, 2.05) is 6.92 Å². The Morgan fingerprint density at radius 1 is 1.33 bits per heavy atom. The fraction of sp³-hybridized carbons (Fsp3) is 0.550. The van der Waals surface area contributed by atoms with Crippen LogP contribution in [0.1, 0.15) is 50.3 Å². The molecule has 1 aliphatic heterocycles. The maximum absolute atomic E-state index is 13.6. The number of aromatic amines is 1. The second kappa shape index (κ2) is 5.91. The van der Waals surface area contributed by atoms with Crippen molar-refractivity contribution < 1.29 is 9.18 Å². The molecule has 0 spiro atoms. The number of amides is 1. The quantitative estimate of drug-likeness (QED) is 0.875. The molecule has 1 aromatic carbocycles. The van der Waals surface area contributed by atoms with Gasteiger partial charge in [0.25, 0.3) is 0 Å². The molecule has 1 saturated heterocycles. The number of nitrogens with one attached hydrogen (secondary N) is 1. The predicted molar refractivity (Wildman–Crippen MR) is 93.4 cm³/mol. The number of rotatable bonds is 2. The number of H-pyrrole nitrogens is 1. The normalized spacial score (nSPS) is 26.8. The number of carbonyl (C=O) groups excluding carboxylic acids is 1. The minimum Gasteiger partial charge on any atom is -0.358 e. The van der Waals surface area contributed by atoms with Crippen molar-refractivity contribution in [2.75, 3.05) is 0 Å². The van der Waals surface area contributed by atoms with Crippen molar-refractivity contribution in [3.8, 4) is 0 Å². The minimum atomic E-state index is -0.253. The summed E-state index contributed by atoms with van der Waals surface area (Å²) in [5.74, 6) is 0.626. The van der Waals surface area contributed by atoms with E-state index in [0.29, 0.717) is 24.4 Å². The lowest BCUT2D eigenvalue weighted by atomic mass is 9.85. The molecular weight excluding hydrogens is 303 g/mol. The average Bonchev–Trinajstić information content (AvgIpc) is 3.04. The van der Waals surface area contributed by atoms with E-state index in [4.69, 9.17) is 0 Å². The molecule has 2 fully saturated rings. The number of fused-ring (bicyclic) bond motifs is 2. The van der Waals surface area contributed by atoms with Crippen molar-refractivity contribution in [3.63, 3.8) is 0 Å². The lowest BCUT2D eigenvalue weighted by Crippen LogP contribution is -2.43. The number of hydrogen-bond donors (Lipinski definition) is 1. The lowest BCUT2D eigenvalue weighted by Gasteiger charge is -2.33. The molecule has 0 radical (unpaired) electrons. The molecule has 1 N–H and O–H groups in total. The van der Waals surface area contributed by atoms with Crippen molar-refractivity contribution in [2.24, 2.45) is 5.92 Å². The van der Waals surface area contributed by atoms with Crippen LogP contribution in [0.15, 0.2) is 18.2 Å². The van der Waals surface area contributed by atoms with Crippen LogP contribution in [0, 0.1) is 18.7 Å². The van der Waals surface area contributed by atoms with E-state index in [2.05, 4.69) is 16.8 Å². The number of aromatic nitrogens is 1. The molecule has 2 heterocycles. The summed E-state index contributed by atoms with van der Waals surface area (Å²) in [6, 6.07) is 5.50. The van der Waals surface area contributed by atoms with Crippen molar-refractivity contribution in [1.29, 1.82) is 0 Å². The fourth-order valence-corrected chi connectivity index (χ4v) is 4.96. The largest absolute Gasteiger partial charge is 0.358 e. The minimum absolute atomic E-state index is 0.199. The van der Waals surface area contributed by atoms with Gasteiger partial charge in [0.05, 0.1) is 6.42 Å². The van der Waals surface area contributed by atoms with E-state index in [1.54, 1.807) is 6.07 Å². The highest BCUT2D eigenvalue weighted by atomic mass is 19.1. The third-order valence-electron chi connectivity index (χ3n) is 6.04. The van der Waals surface area contributed by atoms with Gasteiger partial charge in [-0.05, 0) is 62.8 Å². The maximum Gasteiger partial charge on any atom is 0.227 e. The summed E-state index contributed by atoms with van der Waals surface area (Å²) in [7, 11) is 0. The van der Waals surface area contributed by atoms with Gasteiger partial charge in [0.2, 0.25) is 5.91 Å². The van der Waals surface area contributed by atoms with Gasteiger partial charge in [-0.1, -0.05) is 12.8 Å². The Bertz CT molecular complexity index is 781. The Balaban J connectivity index is 1.62. The Hall–Kier alpha value is -1.84. The average molecular weight is 328 g/mol. The van der Waals surface area contributed by atoms with Crippen LogP contribution in [0.2, 0.25) is 0 Å². The van der Waals surface area contributed by atoms with Gasteiger partial charge in [0, 0.05) is 28.7 Å². The van der Waals surface area contributed by atoms with Gasteiger partial charge in [0.1, 0.15) is 5.82 Å². The monoisotopic (exact) mass is 328 g/mol. The first-order chi connectivity index (χ1) is 11.5. The van der Waals surface area contributed by atoms with Crippen LogP contribution >= 0.6 is 0 Å². The fourth-order valence-electron chi connectivity index (χ4n) is 4.96. The van der Waals surface area contributed by atoms with Crippen molar-refractivity contribution in [2.45, 2.75) is 64.5 Å². The smallest absolute Gasteiger partial charge is 0.227 e. The zero-order valence-corrected chi connectivity index (χ0v) is 14.4. The zero-order valence-electron chi connectivity index (χ0n) is 14.4. The third-order valence-corrected chi connectivity index (χ3v) is 6.04. The van der Waals surface area contributed by atoms with E-state index >= 15 is 0 Å². The topological polar surface area (TPSA) is 36.1 Å². The van der Waals surface area contributed by atoms with Gasteiger partial charge in [0.15, 0.2) is 0 Å². The van der Waals surface area contributed by atoms with Crippen LogP contribution in [-0.4, -0.2) is 27.9 Å². The van der Waals surface area contributed by atoms with Crippen LogP contribution in [0.25, 0.3) is 10.9 Å². The number of aryl methyl sites for hydroxylation is 1. The summed E-state index contributed by atoms with van der Waals surface area (Å²) < 4.78 is 13.6. The molecule has 1 amide bonds. The Labute approximate surface area is 142 Å². The number of halogens is 1. The first-order valence-corrected chi connectivity index (χ1v) is 9.12. The summed E-state index contributed by atoms with van der Waals surface area (Å²) in [6.07, 6.45) is 6.44. The highest BCUT2D eigenvalue weighted by Crippen LogP contribution is 2.40. The van der Waals surface area contributed by atoms with E-state index in [1.165, 1.54) is 31.4 Å². The SMILES string of the molecule is Cc1[nH]c2ccc(F)cc2c1CC(=O)N1C(C)CC2CCCCC21. The van der Waals surface area contributed by atoms with Crippen LogP contribution in [0.5, 0.6) is 0 Å². The van der Waals surface area contributed by atoms with Crippen LogP contribution in [0.3, 0.4) is 0 Å². The van der Waals surface area contributed by atoms with Gasteiger partial charge in [-0.3, -0.25) is 4.79 Å². The van der Waals surface area contributed by atoms with Crippen molar-refractivity contribution >= 4 is 16.8 Å². The van der Waals surface area contributed by atoms with Gasteiger partial charge < -0.3 is 9.88 Å². The van der Waals surface area contributed by atoms with Crippen LogP contribution in [0.4, 0.5) is 4.39 Å². The standard InChI is InChI=1S/C20H25FN2O/c1-12-9-14-5-3-4-6-19(14)23(12)20(24)11-16-13(2)22-18-8-7-15(21)10-17(16)18/h7-8,10,12,14,19,22H,3-6,9,11H2,1-2H3. The highest BCUT2D eigenvalue weighted by molar-refractivity contribution is 5.90. The van der Waals surface area contributed by atoms with E-state index in [9.17, 15) is 9.18 Å². The Morgan fingerprint density at radius 3 is 2.96 bits per heavy atom. The molecule has 1 aliphatic carbocycles. The van der Waals surface area contributed by atoms with E-state index < -0.39 is 0 Å². The highest BCUT2D eigenvalue weighted by Gasteiger charge is 2.42. The Kier molecular flexibility index (Phi) is 3.86. The molecule has 3 atom stereocenters. The third kappa shape index (κ3) is 2.52. The lowest BCUT2D eigenvalue weighted by molar-refractivity contribution is -0.133. The molecule has 4 heteroatoms. The summed E-state index contributed by atoms with van der Waals surface area (Å²) >= 11 is 0. The number of likely N-dealkylation sites (tertiary alicyclic amines) is 1. The van der Waals surface area contributed by atoms with Gasteiger partial charge in [-0.15, -0.1) is 0 Å². The molecule has 4 rings (SSSR count). The number of hydrogen-bond acceptors (Lipinski definition) is 1. The van der Waals surface area contributed by atoms with E-state index in [0.717, 1.165) is 35.0 Å². The molecule has 128 valence electrons. The Morgan fingerprint density at radius 2 is 2.12 bits per heavy atom. The molecule has 0 bridgehead atoms. The first kappa shape index (κ1) is 15.7.